The Morgan fingerprint density at radius 2 is 2.00 bits per heavy atom. The van der Waals surface area contributed by atoms with Crippen LogP contribution in [0.3, 0.4) is 0 Å². The summed E-state index contributed by atoms with van der Waals surface area (Å²) in [6.07, 6.45) is 3.07. The van der Waals surface area contributed by atoms with Crippen molar-refractivity contribution in [3.8, 4) is 0 Å². The van der Waals surface area contributed by atoms with Gasteiger partial charge >= 0.3 is 0 Å². The van der Waals surface area contributed by atoms with Crippen LogP contribution < -0.4 is 4.90 Å². The number of anilines is 1. The van der Waals surface area contributed by atoms with Gasteiger partial charge in [0.25, 0.3) is 11.6 Å². The minimum Gasteiger partial charge on any atom is -0.379 e. The van der Waals surface area contributed by atoms with Crippen molar-refractivity contribution < 1.29 is 14.5 Å². The van der Waals surface area contributed by atoms with Crippen molar-refractivity contribution in [1.82, 2.24) is 9.88 Å². The molecule has 1 aliphatic heterocycles. The van der Waals surface area contributed by atoms with Gasteiger partial charge in [-0.25, -0.2) is 4.98 Å². The van der Waals surface area contributed by atoms with Crippen LogP contribution in [0.25, 0.3) is 16.3 Å². The number of non-ortho nitro benzene ring substituents is 1. The van der Waals surface area contributed by atoms with E-state index in [-0.39, 0.29) is 11.6 Å². The van der Waals surface area contributed by atoms with E-state index in [1.54, 1.807) is 23.1 Å². The predicted molar refractivity (Wildman–Crippen MR) is 131 cm³/mol. The second-order valence-corrected chi connectivity index (χ2v) is 8.98. The Hall–Kier alpha value is -3.14. The van der Waals surface area contributed by atoms with Crippen LogP contribution in [0.1, 0.15) is 16.7 Å². The number of ether oxygens (including phenoxy) is 1. The van der Waals surface area contributed by atoms with Crippen molar-refractivity contribution in [2.45, 2.75) is 13.8 Å². The molecule has 3 aromatic rings. The van der Waals surface area contributed by atoms with Gasteiger partial charge in [0.05, 0.1) is 28.4 Å². The number of fused-ring (bicyclic) bond motifs is 1. The maximum absolute atomic E-state index is 13.3. The molecule has 0 atom stereocenters. The molecular formula is C24H26N4O4S. The topological polar surface area (TPSA) is 88.8 Å². The molecule has 9 heteroatoms. The summed E-state index contributed by atoms with van der Waals surface area (Å²) in [7, 11) is 0. The molecule has 1 amide bonds. The molecule has 1 aliphatic rings. The van der Waals surface area contributed by atoms with E-state index in [9.17, 15) is 14.9 Å². The van der Waals surface area contributed by atoms with Gasteiger partial charge in [-0.1, -0.05) is 35.6 Å². The first kappa shape index (κ1) is 23.0. The number of morpholine rings is 1. The fraction of sp³-hybridized carbons (Fsp3) is 0.333. The number of thiazole rings is 1. The molecule has 172 valence electrons. The van der Waals surface area contributed by atoms with Gasteiger partial charge in [0.2, 0.25) is 0 Å². The number of nitrogens with zero attached hydrogens (tertiary/aromatic N) is 4. The highest BCUT2D eigenvalue weighted by atomic mass is 32.1. The Labute approximate surface area is 196 Å². The van der Waals surface area contributed by atoms with Crippen LogP contribution in [-0.4, -0.2) is 60.1 Å². The van der Waals surface area contributed by atoms with Crippen molar-refractivity contribution in [2.24, 2.45) is 0 Å². The number of benzene rings is 2. The Bertz CT molecular complexity index is 1160. The third kappa shape index (κ3) is 5.44. The smallest absolute Gasteiger partial charge is 0.270 e. The van der Waals surface area contributed by atoms with Gasteiger partial charge in [0, 0.05) is 44.4 Å². The highest BCUT2D eigenvalue weighted by Crippen LogP contribution is 2.33. The van der Waals surface area contributed by atoms with Crippen LogP contribution in [0.4, 0.5) is 10.8 Å². The third-order valence-electron chi connectivity index (χ3n) is 5.67. The molecule has 1 saturated heterocycles. The molecule has 1 fully saturated rings. The lowest BCUT2D eigenvalue weighted by Crippen LogP contribution is -2.42. The summed E-state index contributed by atoms with van der Waals surface area (Å²) in [5.74, 6) is -0.205. The zero-order valence-corrected chi connectivity index (χ0v) is 19.5. The van der Waals surface area contributed by atoms with E-state index in [1.807, 2.05) is 19.9 Å². The highest BCUT2D eigenvalue weighted by Gasteiger charge is 2.21. The van der Waals surface area contributed by atoms with E-state index in [2.05, 4.69) is 11.0 Å². The lowest BCUT2D eigenvalue weighted by Gasteiger charge is -2.28. The van der Waals surface area contributed by atoms with Gasteiger partial charge in [0.1, 0.15) is 0 Å². The predicted octanol–water partition coefficient (Wildman–Crippen LogP) is 4.20. The van der Waals surface area contributed by atoms with Crippen LogP contribution in [0, 0.1) is 24.0 Å². The van der Waals surface area contributed by atoms with E-state index in [1.165, 1.54) is 29.5 Å². The molecule has 0 saturated carbocycles. The summed E-state index contributed by atoms with van der Waals surface area (Å²) in [6, 6.07) is 10.3. The van der Waals surface area contributed by atoms with Crippen molar-refractivity contribution >= 4 is 44.4 Å². The Morgan fingerprint density at radius 1 is 1.24 bits per heavy atom. The van der Waals surface area contributed by atoms with Crippen LogP contribution in [0.15, 0.2) is 42.5 Å². The molecule has 0 unspecified atom stereocenters. The van der Waals surface area contributed by atoms with Gasteiger partial charge < -0.3 is 4.74 Å². The number of hydrogen-bond acceptors (Lipinski definition) is 7. The lowest BCUT2D eigenvalue weighted by molar-refractivity contribution is -0.384. The number of hydrogen-bond donors (Lipinski definition) is 0. The van der Waals surface area contributed by atoms with E-state index < -0.39 is 4.92 Å². The summed E-state index contributed by atoms with van der Waals surface area (Å²) in [6.45, 7) is 8.34. The van der Waals surface area contributed by atoms with E-state index in [4.69, 9.17) is 9.72 Å². The van der Waals surface area contributed by atoms with E-state index >= 15 is 0 Å². The largest absolute Gasteiger partial charge is 0.379 e. The zero-order chi connectivity index (χ0) is 23.4. The third-order valence-corrected chi connectivity index (χ3v) is 6.88. The van der Waals surface area contributed by atoms with Gasteiger partial charge in [0.15, 0.2) is 5.13 Å². The fourth-order valence-electron chi connectivity index (χ4n) is 3.73. The van der Waals surface area contributed by atoms with Gasteiger partial charge in [-0.3, -0.25) is 24.7 Å². The van der Waals surface area contributed by atoms with Crippen LogP contribution in [0.2, 0.25) is 0 Å². The highest BCUT2D eigenvalue weighted by molar-refractivity contribution is 7.22. The van der Waals surface area contributed by atoms with Gasteiger partial charge in [-0.05, 0) is 36.6 Å². The SMILES string of the molecule is Cc1ccc(C)c2sc(N(CCN3CCOCC3)C(=O)/C=C/c3cccc([N+](=O)[O-])c3)nc12. The molecule has 0 bridgehead atoms. The number of aryl methyl sites for hydroxylation is 2. The second-order valence-electron chi connectivity index (χ2n) is 8.00. The number of nitro benzene ring substituents is 1. The van der Waals surface area contributed by atoms with Crippen molar-refractivity contribution in [3.63, 3.8) is 0 Å². The Kier molecular flexibility index (Phi) is 7.12. The summed E-state index contributed by atoms with van der Waals surface area (Å²) in [4.78, 5) is 32.7. The molecule has 2 aromatic carbocycles. The maximum atomic E-state index is 13.3. The van der Waals surface area contributed by atoms with Crippen LogP contribution in [0.5, 0.6) is 0 Å². The first-order valence-corrected chi connectivity index (χ1v) is 11.6. The lowest BCUT2D eigenvalue weighted by atomic mass is 10.1. The minimum atomic E-state index is -0.445. The molecule has 4 rings (SSSR count). The standard InChI is InChI=1S/C24H26N4O4S/c1-17-6-7-18(2)23-22(17)25-24(33-23)27(11-10-26-12-14-32-15-13-26)21(29)9-8-19-4-3-5-20(16-19)28(30)31/h3-9,16H,10-15H2,1-2H3/b9-8+. The average Bonchev–Trinajstić information content (AvgIpc) is 3.28. The molecule has 0 spiro atoms. The number of aromatic nitrogens is 1. The first-order valence-electron chi connectivity index (χ1n) is 10.8. The number of rotatable bonds is 7. The molecule has 1 aromatic heterocycles. The number of carbonyl (C=O) groups is 1. The number of amides is 1. The fourth-order valence-corrected chi connectivity index (χ4v) is 4.87. The molecule has 0 radical (unpaired) electrons. The Morgan fingerprint density at radius 3 is 2.73 bits per heavy atom. The first-order chi connectivity index (χ1) is 15.9. The summed E-state index contributed by atoms with van der Waals surface area (Å²) in [5, 5.41) is 11.7. The quantitative estimate of drug-likeness (QED) is 0.295. The zero-order valence-electron chi connectivity index (χ0n) is 18.7. The van der Waals surface area contributed by atoms with E-state index in [0.717, 1.165) is 34.4 Å². The average molecular weight is 467 g/mol. The Balaban J connectivity index is 1.61. The van der Waals surface area contributed by atoms with Crippen molar-refractivity contribution in [1.29, 1.82) is 0 Å². The summed E-state index contributed by atoms with van der Waals surface area (Å²) >= 11 is 1.52. The monoisotopic (exact) mass is 466 g/mol. The van der Waals surface area contributed by atoms with Crippen LogP contribution in [-0.2, 0) is 9.53 Å². The van der Waals surface area contributed by atoms with Gasteiger partial charge in [-0.2, -0.15) is 0 Å². The maximum Gasteiger partial charge on any atom is 0.270 e. The number of carbonyl (C=O) groups excluding carboxylic acids is 1. The molecule has 2 heterocycles. The molecule has 8 nitrogen and oxygen atoms in total. The van der Waals surface area contributed by atoms with Crippen molar-refractivity contribution in [2.75, 3.05) is 44.3 Å². The number of nitro groups is 1. The summed E-state index contributed by atoms with van der Waals surface area (Å²) < 4.78 is 6.51. The second kappa shape index (κ2) is 10.2. The normalized spacial score (nSPS) is 14.7. The minimum absolute atomic E-state index is 0.00843. The van der Waals surface area contributed by atoms with Crippen LogP contribution >= 0.6 is 11.3 Å². The molecule has 0 aliphatic carbocycles. The van der Waals surface area contributed by atoms with Crippen molar-refractivity contribution in [3.05, 3.63) is 69.3 Å². The molecule has 33 heavy (non-hydrogen) atoms. The molecular weight excluding hydrogens is 440 g/mol. The van der Waals surface area contributed by atoms with E-state index in [0.29, 0.717) is 37.0 Å². The summed E-state index contributed by atoms with van der Waals surface area (Å²) in [5.41, 5.74) is 3.72. The van der Waals surface area contributed by atoms with Gasteiger partial charge in [-0.15, -0.1) is 0 Å². The molecule has 0 N–H and O–H groups in total.